The van der Waals surface area contributed by atoms with Crippen LogP contribution in [0.25, 0.3) is 0 Å². The minimum atomic E-state index is -2.98. The van der Waals surface area contributed by atoms with Crippen molar-refractivity contribution in [3.8, 4) is 5.75 Å². The topological polar surface area (TPSA) is 72.5 Å². The van der Waals surface area contributed by atoms with E-state index in [1.807, 2.05) is 0 Å². The number of hydrogen-bond acceptors (Lipinski definition) is 4. The number of amides is 1. The third kappa shape index (κ3) is 5.34. The largest absolute Gasteiger partial charge is 0.494 e. The van der Waals surface area contributed by atoms with Gasteiger partial charge in [0.05, 0.1) is 18.1 Å². The van der Waals surface area contributed by atoms with Crippen molar-refractivity contribution in [2.24, 2.45) is 0 Å². The molecule has 0 aliphatic carbocycles. The summed E-state index contributed by atoms with van der Waals surface area (Å²) in [5, 5.41) is 2.72. The van der Waals surface area contributed by atoms with E-state index in [9.17, 15) is 17.6 Å². The van der Waals surface area contributed by atoms with E-state index in [2.05, 4.69) is 5.32 Å². The zero-order chi connectivity index (χ0) is 15.3. The van der Waals surface area contributed by atoms with E-state index in [1.54, 1.807) is 0 Å². The first-order chi connectivity index (χ1) is 9.94. The molecule has 0 aromatic heterocycles. The quantitative estimate of drug-likeness (QED) is 0.803. The molecule has 5 nitrogen and oxygen atoms in total. The van der Waals surface area contributed by atoms with Crippen LogP contribution in [0.15, 0.2) is 24.3 Å². The molecule has 1 saturated heterocycles. The van der Waals surface area contributed by atoms with Crippen molar-refractivity contribution < 1.29 is 22.3 Å². The predicted molar refractivity (Wildman–Crippen MR) is 76.3 cm³/mol. The van der Waals surface area contributed by atoms with Crippen LogP contribution in [0.2, 0.25) is 0 Å². The monoisotopic (exact) mass is 315 g/mol. The number of rotatable bonds is 6. The van der Waals surface area contributed by atoms with Gasteiger partial charge < -0.3 is 10.1 Å². The lowest BCUT2D eigenvalue weighted by atomic mass is 10.2. The molecule has 0 radical (unpaired) electrons. The average molecular weight is 315 g/mol. The molecule has 0 saturated carbocycles. The summed E-state index contributed by atoms with van der Waals surface area (Å²) in [6, 6.07) is 5.41. The molecule has 1 aromatic rings. The Labute approximate surface area is 123 Å². The van der Waals surface area contributed by atoms with Crippen LogP contribution in [0.1, 0.15) is 19.3 Å². The summed E-state index contributed by atoms with van der Waals surface area (Å²) >= 11 is 0. The molecule has 1 fully saturated rings. The van der Waals surface area contributed by atoms with Gasteiger partial charge in [-0.25, -0.2) is 12.8 Å². The molecule has 1 amide bonds. The van der Waals surface area contributed by atoms with E-state index >= 15 is 0 Å². The number of carbonyl (C=O) groups excluding carboxylic acids is 1. The van der Waals surface area contributed by atoms with Crippen LogP contribution in [0.5, 0.6) is 5.75 Å². The molecule has 1 aliphatic rings. The summed E-state index contributed by atoms with van der Waals surface area (Å²) in [4.78, 5) is 11.7. The van der Waals surface area contributed by atoms with Gasteiger partial charge in [0.25, 0.3) is 0 Å². The second kappa shape index (κ2) is 6.89. The van der Waals surface area contributed by atoms with E-state index < -0.39 is 9.84 Å². The van der Waals surface area contributed by atoms with Gasteiger partial charge >= 0.3 is 0 Å². The highest BCUT2D eigenvalue weighted by molar-refractivity contribution is 7.91. The minimum absolute atomic E-state index is 0.0326. The standard InChI is InChI=1S/C14H18FNO4S/c15-11-3-5-13(6-4-11)20-8-1-2-14(17)16-12-7-9-21(18,19)10-12/h3-6,12H,1-2,7-10H2,(H,16,17). The molecule has 1 unspecified atom stereocenters. The fourth-order valence-electron chi connectivity index (χ4n) is 2.16. The first-order valence-corrected chi connectivity index (χ1v) is 8.65. The molecular weight excluding hydrogens is 297 g/mol. The highest BCUT2D eigenvalue weighted by Crippen LogP contribution is 2.13. The van der Waals surface area contributed by atoms with Crippen molar-refractivity contribution in [2.75, 3.05) is 18.1 Å². The molecule has 1 heterocycles. The summed E-state index contributed by atoms with van der Waals surface area (Å²) in [7, 11) is -2.98. The van der Waals surface area contributed by atoms with Gasteiger partial charge in [-0.05, 0) is 37.1 Å². The van der Waals surface area contributed by atoms with E-state index in [-0.39, 0.29) is 35.7 Å². The van der Waals surface area contributed by atoms with Gasteiger partial charge in [-0.2, -0.15) is 0 Å². The van der Waals surface area contributed by atoms with Crippen molar-refractivity contribution in [2.45, 2.75) is 25.3 Å². The highest BCUT2D eigenvalue weighted by Gasteiger charge is 2.28. The molecule has 0 spiro atoms. The molecule has 1 aromatic carbocycles. The Bertz CT molecular complexity index is 585. The van der Waals surface area contributed by atoms with Gasteiger partial charge in [0.2, 0.25) is 5.91 Å². The van der Waals surface area contributed by atoms with Gasteiger partial charge in [-0.1, -0.05) is 0 Å². The smallest absolute Gasteiger partial charge is 0.220 e. The number of carbonyl (C=O) groups is 1. The zero-order valence-corrected chi connectivity index (χ0v) is 12.4. The first kappa shape index (κ1) is 15.8. The van der Waals surface area contributed by atoms with E-state index in [0.29, 0.717) is 25.2 Å². The second-order valence-electron chi connectivity index (χ2n) is 5.07. The summed E-state index contributed by atoms with van der Waals surface area (Å²) in [5.41, 5.74) is 0. The Balaban J connectivity index is 1.62. The Morgan fingerprint density at radius 2 is 2.05 bits per heavy atom. The molecule has 1 atom stereocenters. The normalized spacial score (nSPS) is 20.1. The Morgan fingerprint density at radius 3 is 2.67 bits per heavy atom. The van der Waals surface area contributed by atoms with E-state index in [0.717, 1.165) is 0 Å². The van der Waals surface area contributed by atoms with Crippen LogP contribution in [-0.4, -0.2) is 38.5 Å². The van der Waals surface area contributed by atoms with Crippen LogP contribution < -0.4 is 10.1 Å². The number of ether oxygens (including phenoxy) is 1. The number of nitrogens with one attached hydrogen (secondary N) is 1. The van der Waals surface area contributed by atoms with Crippen LogP contribution in [0.4, 0.5) is 4.39 Å². The number of sulfone groups is 1. The van der Waals surface area contributed by atoms with Crippen LogP contribution in [0.3, 0.4) is 0 Å². The molecule has 116 valence electrons. The highest BCUT2D eigenvalue weighted by atomic mass is 32.2. The van der Waals surface area contributed by atoms with Crippen molar-refractivity contribution in [3.63, 3.8) is 0 Å². The first-order valence-electron chi connectivity index (χ1n) is 6.83. The second-order valence-corrected chi connectivity index (χ2v) is 7.30. The van der Waals surface area contributed by atoms with E-state index in [1.165, 1.54) is 24.3 Å². The summed E-state index contributed by atoms with van der Waals surface area (Å²) < 4.78 is 40.6. The van der Waals surface area contributed by atoms with Crippen molar-refractivity contribution >= 4 is 15.7 Å². The summed E-state index contributed by atoms with van der Waals surface area (Å²) in [6.45, 7) is 0.349. The molecule has 1 N–H and O–H groups in total. The van der Waals surface area contributed by atoms with Crippen molar-refractivity contribution in [3.05, 3.63) is 30.1 Å². The number of hydrogen-bond donors (Lipinski definition) is 1. The molecule has 21 heavy (non-hydrogen) atoms. The van der Waals surface area contributed by atoms with Gasteiger partial charge in [-0.3, -0.25) is 4.79 Å². The summed E-state index contributed by atoms with van der Waals surface area (Å²) in [6.07, 6.45) is 1.28. The maximum atomic E-state index is 12.7. The summed E-state index contributed by atoms with van der Waals surface area (Å²) in [5.74, 6) is 0.239. The van der Waals surface area contributed by atoms with Gasteiger partial charge in [-0.15, -0.1) is 0 Å². The predicted octanol–water partition coefficient (Wildman–Crippen LogP) is 1.29. The SMILES string of the molecule is O=C(CCCOc1ccc(F)cc1)NC1CCS(=O)(=O)C1. The Morgan fingerprint density at radius 1 is 1.33 bits per heavy atom. The molecular formula is C14H18FNO4S. The lowest BCUT2D eigenvalue weighted by molar-refractivity contribution is -0.121. The Kier molecular flexibility index (Phi) is 5.17. The fraction of sp³-hybridized carbons (Fsp3) is 0.500. The van der Waals surface area contributed by atoms with Gasteiger partial charge in [0.1, 0.15) is 11.6 Å². The zero-order valence-electron chi connectivity index (χ0n) is 11.5. The minimum Gasteiger partial charge on any atom is -0.494 e. The van der Waals surface area contributed by atoms with Crippen LogP contribution >= 0.6 is 0 Å². The van der Waals surface area contributed by atoms with Crippen molar-refractivity contribution in [1.82, 2.24) is 5.32 Å². The number of benzene rings is 1. The van der Waals surface area contributed by atoms with Gasteiger partial charge in [0, 0.05) is 12.5 Å². The maximum Gasteiger partial charge on any atom is 0.220 e. The van der Waals surface area contributed by atoms with Crippen molar-refractivity contribution in [1.29, 1.82) is 0 Å². The third-order valence-corrected chi connectivity index (χ3v) is 5.00. The van der Waals surface area contributed by atoms with E-state index in [4.69, 9.17) is 4.74 Å². The lowest BCUT2D eigenvalue weighted by Gasteiger charge is -2.11. The fourth-order valence-corrected chi connectivity index (χ4v) is 3.84. The average Bonchev–Trinajstić information content (AvgIpc) is 2.76. The molecule has 7 heteroatoms. The van der Waals surface area contributed by atoms with Crippen LogP contribution in [0, 0.1) is 5.82 Å². The molecule has 0 bridgehead atoms. The number of halogens is 1. The molecule has 1 aliphatic heterocycles. The Hall–Kier alpha value is -1.63. The van der Waals surface area contributed by atoms with Gasteiger partial charge in [0.15, 0.2) is 9.84 Å². The molecule has 2 rings (SSSR count). The van der Waals surface area contributed by atoms with Crippen LogP contribution in [-0.2, 0) is 14.6 Å². The maximum absolute atomic E-state index is 12.7. The lowest BCUT2D eigenvalue weighted by Crippen LogP contribution is -2.35. The third-order valence-electron chi connectivity index (χ3n) is 3.23.